The molecule has 0 radical (unpaired) electrons. The van der Waals surface area contributed by atoms with Crippen LogP contribution in [0.1, 0.15) is 10.4 Å². The number of halogens is 1. The number of ketones is 1. The highest BCUT2D eigenvalue weighted by Gasteiger charge is 2.15. The summed E-state index contributed by atoms with van der Waals surface area (Å²) in [4.78, 5) is 19.1. The first kappa shape index (κ1) is 22.1. The minimum absolute atomic E-state index is 0.170. The molecule has 0 atom stereocenters. The molecular weight excluding hydrogens is 480 g/mol. The van der Waals surface area contributed by atoms with Gasteiger partial charge < -0.3 is 4.90 Å². The number of nitriles is 1. The average molecular weight is 499 g/mol. The summed E-state index contributed by atoms with van der Waals surface area (Å²) in [6, 6.07) is 23.9. The van der Waals surface area contributed by atoms with Crippen LogP contribution in [0.5, 0.6) is 0 Å². The predicted octanol–water partition coefficient (Wildman–Crippen LogP) is 5.24. The summed E-state index contributed by atoms with van der Waals surface area (Å²) in [6.45, 7) is 0. The van der Waals surface area contributed by atoms with Gasteiger partial charge in [-0.05, 0) is 60.7 Å². The van der Waals surface area contributed by atoms with E-state index in [4.69, 9.17) is 0 Å². The summed E-state index contributed by atoms with van der Waals surface area (Å²) in [5.41, 5.74) is 4.28. The Kier molecular flexibility index (Phi) is 6.43. The van der Waals surface area contributed by atoms with Crippen molar-refractivity contribution in [2.24, 2.45) is 4.99 Å². The van der Waals surface area contributed by atoms with E-state index < -0.39 is 5.78 Å². The van der Waals surface area contributed by atoms with Gasteiger partial charge in [-0.2, -0.15) is 5.26 Å². The molecule has 0 amide bonds. The number of anilines is 1. The smallest absolute Gasteiger partial charge is 0.222 e. The molecule has 0 spiro atoms. The minimum atomic E-state index is -0.438. The highest BCUT2D eigenvalue weighted by Crippen LogP contribution is 2.24. The first-order valence-electron chi connectivity index (χ1n) is 10.0. The van der Waals surface area contributed by atoms with Crippen LogP contribution in [0, 0.1) is 11.3 Å². The fourth-order valence-electron chi connectivity index (χ4n) is 3.21. The molecule has 0 fully saturated rings. The maximum absolute atomic E-state index is 12.9. The van der Waals surface area contributed by atoms with Crippen LogP contribution in [-0.2, 0) is 0 Å². The monoisotopic (exact) mass is 498 g/mol. The topological polar surface area (TPSA) is 87.2 Å². The molecule has 0 saturated carbocycles. The molecule has 0 N–H and O–H groups in total. The first-order chi connectivity index (χ1) is 16.0. The van der Waals surface area contributed by atoms with Gasteiger partial charge in [-0.3, -0.25) is 4.79 Å². The third-order valence-corrected chi connectivity index (χ3v) is 5.52. The molecule has 0 aliphatic carbocycles. The van der Waals surface area contributed by atoms with E-state index in [-0.39, 0.29) is 5.71 Å². The van der Waals surface area contributed by atoms with E-state index in [9.17, 15) is 10.1 Å². The number of hydrogen-bond donors (Lipinski definition) is 0. The van der Waals surface area contributed by atoms with Gasteiger partial charge in [-0.25, -0.2) is 9.67 Å². The van der Waals surface area contributed by atoms with Gasteiger partial charge in [0, 0.05) is 35.4 Å². The number of aliphatic imine (C=N–C) groups is 1. The Morgan fingerprint density at radius 1 is 1.00 bits per heavy atom. The highest BCUT2D eigenvalue weighted by molar-refractivity contribution is 9.10. The largest absolute Gasteiger partial charge is 0.378 e. The van der Waals surface area contributed by atoms with Gasteiger partial charge in [0.05, 0.1) is 23.3 Å². The number of carbonyl (C=O) groups is 1. The third kappa shape index (κ3) is 4.89. The van der Waals surface area contributed by atoms with Crippen LogP contribution >= 0.6 is 15.9 Å². The Morgan fingerprint density at radius 3 is 2.27 bits per heavy atom. The van der Waals surface area contributed by atoms with Crippen molar-refractivity contribution >= 4 is 38.8 Å². The Labute approximate surface area is 199 Å². The Hall–Kier alpha value is -4.09. The van der Waals surface area contributed by atoms with Crippen molar-refractivity contribution in [1.29, 1.82) is 5.26 Å². The van der Waals surface area contributed by atoms with E-state index in [1.54, 1.807) is 47.3 Å². The van der Waals surface area contributed by atoms with Crippen LogP contribution in [0.15, 0.2) is 88.5 Å². The van der Waals surface area contributed by atoms with E-state index in [1.165, 1.54) is 0 Å². The number of hydrogen-bond acceptors (Lipinski definition) is 6. The standard InChI is InChI=1S/C25H19BrN6O/c1-31(2)21-13-9-20(10-14-21)29-23(15-27)25(33)18-5-11-22(12-6-18)32-24(16-28-30-32)17-3-7-19(26)8-4-17/h3-14,16H,1-2H3. The van der Waals surface area contributed by atoms with Crippen molar-refractivity contribution in [3.05, 3.63) is 89.0 Å². The molecule has 0 aliphatic rings. The van der Waals surface area contributed by atoms with Gasteiger partial charge >= 0.3 is 0 Å². The number of carbonyl (C=O) groups excluding carboxylic acids is 1. The third-order valence-electron chi connectivity index (χ3n) is 4.99. The van der Waals surface area contributed by atoms with Gasteiger partial charge in [0.15, 0.2) is 5.71 Å². The van der Waals surface area contributed by atoms with Crippen LogP contribution in [0.3, 0.4) is 0 Å². The van der Waals surface area contributed by atoms with Crippen LogP contribution in [0.2, 0.25) is 0 Å². The molecule has 162 valence electrons. The molecule has 0 aliphatic heterocycles. The van der Waals surface area contributed by atoms with Crippen molar-refractivity contribution in [3.8, 4) is 23.0 Å². The normalized spacial score (nSPS) is 11.2. The fourth-order valence-corrected chi connectivity index (χ4v) is 3.48. The molecule has 8 heteroatoms. The number of benzene rings is 3. The van der Waals surface area contributed by atoms with Crippen LogP contribution < -0.4 is 4.90 Å². The molecule has 4 aromatic rings. The van der Waals surface area contributed by atoms with E-state index in [2.05, 4.69) is 31.2 Å². The highest BCUT2D eigenvalue weighted by atomic mass is 79.9. The van der Waals surface area contributed by atoms with E-state index in [0.29, 0.717) is 11.3 Å². The molecule has 1 heterocycles. The van der Waals surface area contributed by atoms with Gasteiger partial charge in [0.2, 0.25) is 5.78 Å². The lowest BCUT2D eigenvalue weighted by molar-refractivity contribution is 0.106. The van der Waals surface area contributed by atoms with E-state index >= 15 is 0 Å². The summed E-state index contributed by atoms with van der Waals surface area (Å²) in [7, 11) is 3.88. The zero-order valence-corrected chi connectivity index (χ0v) is 19.6. The summed E-state index contributed by atoms with van der Waals surface area (Å²) in [5.74, 6) is -0.438. The molecule has 33 heavy (non-hydrogen) atoms. The molecule has 4 rings (SSSR count). The lowest BCUT2D eigenvalue weighted by atomic mass is 10.1. The van der Waals surface area contributed by atoms with Crippen LogP contribution in [-0.4, -0.2) is 40.6 Å². The van der Waals surface area contributed by atoms with Crippen molar-refractivity contribution in [1.82, 2.24) is 15.0 Å². The number of rotatable bonds is 6. The van der Waals surface area contributed by atoms with E-state index in [1.807, 2.05) is 61.5 Å². The molecule has 3 aromatic carbocycles. The number of aromatic nitrogens is 3. The number of nitrogens with zero attached hydrogens (tertiary/aromatic N) is 6. The second-order valence-electron chi connectivity index (χ2n) is 7.40. The fraction of sp³-hybridized carbons (Fsp3) is 0.0800. The van der Waals surface area contributed by atoms with Gasteiger partial charge in [0.1, 0.15) is 6.07 Å². The second-order valence-corrected chi connectivity index (χ2v) is 8.31. The van der Waals surface area contributed by atoms with Gasteiger partial charge in [-0.15, -0.1) is 5.10 Å². The number of Topliss-reactive ketones (excluding diaryl/α,β-unsaturated/α-hetero) is 1. The van der Waals surface area contributed by atoms with Crippen molar-refractivity contribution in [2.75, 3.05) is 19.0 Å². The minimum Gasteiger partial charge on any atom is -0.378 e. The van der Waals surface area contributed by atoms with E-state index in [0.717, 1.165) is 27.1 Å². The lowest BCUT2D eigenvalue weighted by Crippen LogP contribution is -2.12. The summed E-state index contributed by atoms with van der Waals surface area (Å²) >= 11 is 3.44. The average Bonchev–Trinajstić information content (AvgIpc) is 3.33. The zero-order chi connectivity index (χ0) is 23.4. The van der Waals surface area contributed by atoms with Crippen molar-refractivity contribution in [3.63, 3.8) is 0 Å². The van der Waals surface area contributed by atoms with Crippen molar-refractivity contribution in [2.45, 2.75) is 0 Å². The maximum atomic E-state index is 12.9. The molecule has 0 bridgehead atoms. The maximum Gasteiger partial charge on any atom is 0.222 e. The summed E-state index contributed by atoms with van der Waals surface area (Å²) in [6.07, 6.45) is 1.68. The predicted molar refractivity (Wildman–Crippen MR) is 132 cm³/mol. The Morgan fingerprint density at radius 2 is 1.67 bits per heavy atom. The van der Waals surface area contributed by atoms with Crippen LogP contribution in [0.4, 0.5) is 11.4 Å². The Balaban J connectivity index is 1.58. The molecular formula is C25H19BrN6O. The first-order valence-corrected chi connectivity index (χ1v) is 10.8. The molecule has 0 saturated heterocycles. The molecule has 0 unspecified atom stereocenters. The van der Waals surface area contributed by atoms with Gasteiger partial charge in [0.25, 0.3) is 0 Å². The summed E-state index contributed by atoms with van der Waals surface area (Å²) in [5, 5.41) is 17.7. The van der Waals surface area contributed by atoms with Gasteiger partial charge in [-0.1, -0.05) is 33.3 Å². The molecule has 7 nitrogen and oxygen atoms in total. The zero-order valence-electron chi connectivity index (χ0n) is 18.0. The Bertz CT molecular complexity index is 1350. The quantitative estimate of drug-likeness (QED) is 0.268. The van der Waals surface area contributed by atoms with Crippen LogP contribution in [0.25, 0.3) is 16.9 Å². The molecule has 1 aromatic heterocycles. The summed E-state index contributed by atoms with van der Waals surface area (Å²) < 4.78 is 2.68. The second kappa shape index (κ2) is 9.59. The SMILES string of the molecule is CN(C)c1ccc(N=C(C#N)C(=O)c2ccc(-n3nncc3-c3ccc(Br)cc3)cc2)cc1. The van der Waals surface area contributed by atoms with Crippen molar-refractivity contribution < 1.29 is 4.79 Å². The lowest BCUT2D eigenvalue weighted by Gasteiger charge is -2.11.